The first kappa shape index (κ1) is 36.1. The van der Waals surface area contributed by atoms with Crippen molar-refractivity contribution < 1.29 is 52.4 Å². The van der Waals surface area contributed by atoms with E-state index in [1.807, 2.05) is 13.8 Å². The molecular formula is C39H53ClFNO10. The first-order chi connectivity index (χ1) is 24.8. The molecule has 8 saturated heterocycles. The topological polar surface area (TPSA) is 112 Å². The van der Waals surface area contributed by atoms with Gasteiger partial charge in [0.15, 0.2) is 23.8 Å². The molecule has 0 radical (unpaired) electrons. The Balaban J connectivity index is 1.05. The predicted molar refractivity (Wildman–Crippen MR) is 184 cm³/mol. The molecule has 2 aliphatic carbocycles. The normalized spacial score (nSPS) is 51.0. The molecule has 2 spiro atoms. The average molecular weight is 750 g/mol. The van der Waals surface area contributed by atoms with E-state index >= 15 is 0 Å². The maximum atomic E-state index is 14.0. The van der Waals surface area contributed by atoms with Crippen molar-refractivity contribution in [1.29, 1.82) is 0 Å². The van der Waals surface area contributed by atoms with E-state index in [0.717, 1.165) is 44.9 Å². The molecule has 8 heterocycles. The number of carbonyl (C=O) groups is 1. The van der Waals surface area contributed by atoms with Gasteiger partial charge in [-0.2, -0.15) is 0 Å². The van der Waals surface area contributed by atoms with Gasteiger partial charge in [-0.3, -0.25) is 5.32 Å². The summed E-state index contributed by atoms with van der Waals surface area (Å²) in [5.74, 6) is -1.09. The molecule has 13 heteroatoms. The number of nitrogens with one attached hydrogen (secondary N) is 1. The molecule has 11 rings (SSSR count). The van der Waals surface area contributed by atoms with Crippen LogP contribution in [0.15, 0.2) is 18.2 Å². The lowest BCUT2D eigenvalue weighted by Crippen LogP contribution is -2.72. The molecular weight excluding hydrogens is 697 g/mol. The van der Waals surface area contributed by atoms with Crippen molar-refractivity contribution in [3.63, 3.8) is 0 Å². The summed E-state index contributed by atoms with van der Waals surface area (Å²) in [6.07, 6.45) is 3.87. The van der Waals surface area contributed by atoms with E-state index in [1.54, 1.807) is 0 Å². The minimum Gasteiger partial charge on any atom is -0.443 e. The van der Waals surface area contributed by atoms with Gasteiger partial charge in [0, 0.05) is 36.8 Å². The van der Waals surface area contributed by atoms with E-state index in [0.29, 0.717) is 30.4 Å². The summed E-state index contributed by atoms with van der Waals surface area (Å²) >= 11 is 6.05. The quantitative estimate of drug-likeness (QED) is 0.295. The molecule has 10 fully saturated rings. The Hall–Kier alpha value is -1.61. The summed E-state index contributed by atoms with van der Waals surface area (Å²) in [6, 6.07) is 4.02. The molecule has 1 N–H and O–H groups in total. The van der Waals surface area contributed by atoms with Gasteiger partial charge in [-0.05, 0) is 106 Å². The SMILES string of the molecule is C[C@H]1[C@@H]([C@H](C[C@H]2O[C@@H]3O[C@]4(C)CC[C@H]5[C@H](C)CC[C@@H]([C@H]2C)[C@@]35OO4)OC(=O)Nc2ccc(F)c(Cl)c2)O[C@@H]2O[C@]3(C)CC[C@H]4[C@H](C)CC[C@@H]1[C@@]24OO3. The molecule has 0 aromatic heterocycles. The average Bonchev–Trinajstić information content (AvgIpc) is 3.48. The monoisotopic (exact) mass is 749 g/mol. The van der Waals surface area contributed by atoms with Crippen LogP contribution < -0.4 is 5.32 Å². The second-order valence-corrected chi connectivity index (χ2v) is 18.2. The number of hydrogen-bond acceptors (Lipinski definition) is 10. The number of benzene rings is 1. The van der Waals surface area contributed by atoms with Crippen molar-refractivity contribution in [2.45, 2.75) is 153 Å². The molecule has 10 aliphatic rings. The van der Waals surface area contributed by atoms with Crippen molar-refractivity contribution in [3.05, 3.63) is 29.0 Å². The molecule has 1 aromatic rings. The molecule has 17 atom stereocenters. The fourth-order valence-corrected chi connectivity index (χ4v) is 12.1. The number of carbonyl (C=O) groups excluding carboxylic acids is 1. The van der Waals surface area contributed by atoms with Crippen molar-refractivity contribution in [2.75, 3.05) is 5.32 Å². The van der Waals surface area contributed by atoms with Gasteiger partial charge in [-0.15, -0.1) is 0 Å². The lowest BCUT2D eigenvalue weighted by atomic mass is 9.56. The highest BCUT2D eigenvalue weighted by atomic mass is 35.5. The third kappa shape index (κ3) is 5.44. The smallest absolute Gasteiger partial charge is 0.411 e. The highest BCUT2D eigenvalue weighted by Gasteiger charge is 2.72. The molecule has 1 amide bonds. The fraction of sp³-hybridized carbons (Fsp3) is 0.821. The Morgan fingerprint density at radius 2 is 1.40 bits per heavy atom. The number of rotatable bonds is 5. The molecule has 2 saturated carbocycles. The molecule has 11 nitrogen and oxygen atoms in total. The number of ether oxygens (including phenoxy) is 5. The second-order valence-electron chi connectivity index (χ2n) is 17.7. The number of halogens is 2. The standard InChI is InChI=1S/C39H53ClFNO10/c1-19-7-10-26-21(3)30(44-33-38(26)24(19)13-15-36(5,47-33)49-51-38)18-31(45-35(43)42-23-9-12-29(41)28(40)17-23)32-22(4)27-11-8-20(2)25-14-16-37(6)48-34(46-32)39(25,27)52-50-37/h9,12,17,19-22,24-27,30-34H,7-8,10-11,13-16,18H2,1-6H3,(H,42,43)/t19-,20-,21-,22-,24+,25+,26+,27+,30-,31+,32+,33-,34-,36+,37+,38-,39-/m1/s1. The number of hydrogen-bond donors (Lipinski definition) is 1. The van der Waals surface area contributed by atoms with E-state index in [1.165, 1.54) is 18.2 Å². The second kappa shape index (κ2) is 12.7. The summed E-state index contributed by atoms with van der Waals surface area (Å²) in [5.41, 5.74) is -1.16. The largest absolute Gasteiger partial charge is 0.443 e. The number of amides is 1. The molecule has 288 valence electrons. The van der Waals surface area contributed by atoms with Crippen LogP contribution in [0.4, 0.5) is 14.9 Å². The van der Waals surface area contributed by atoms with Crippen LogP contribution >= 0.6 is 11.6 Å². The maximum absolute atomic E-state index is 14.0. The highest BCUT2D eigenvalue weighted by Crippen LogP contribution is 2.63. The minimum atomic E-state index is -0.948. The molecule has 52 heavy (non-hydrogen) atoms. The lowest BCUT2D eigenvalue weighted by molar-refractivity contribution is -0.573. The number of anilines is 1. The van der Waals surface area contributed by atoms with Crippen molar-refractivity contribution >= 4 is 23.4 Å². The van der Waals surface area contributed by atoms with E-state index in [2.05, 4.69) is 33.0 Å². The Kier molecular flexibility index (Phi) is 8.81. The van der Waals surface area contributed by atoms with Crippen molar-refractivity contribution in [1.82, 2.24) is 0 Å². The Bertz CT molecular complexity index is 1570. The van der Waals surface area contributed by atoms with E-state index in [9.17, 15) is 9.18 Å². The summed E-state index contributed by atoms with van der Waals surface area (Å²) < 4.78 is 47.8. The van der Waals surface area contributed by atoms with Crippen molar-refractivity contribution in [3.8, 4) is 0 Å². The summed E-state index contributed by atoms with van der Waals surface area (Å²) in [6.45, 7) is 12.8. The zero-order valence-corrected chi connectivity index (χ0v) is 31.7. The Labute approximate surface area is 309 Å². The lowest BCUT2D eigenvalue weighted by Gasteiger charge is -2.62. The third-order valence-corrected chi connectivity index (χ3v) is 15.0. The van der Waals surface area contributed by atoms with E-state index in [-0.39, 0.29) is 46.6 Å². The number of fused-ring (bicyclic) bond motifs is 4. The van der Waals surface area contributed by atoms with Crippen molar-refractivity contribution in [2.24, 2.45) is 47.3 Å². The summed E-state index contributed by atoms with van der Waals surface area (Å²) in [4.78, 5) is 38.7. The van der Waals surface area contributed by atoms with Crippen LogP contribution in [0, 0.1) is 53.2 Å². The van der Waals surface area contributed by atoms with Gasteiger partial charge in [-0.25, -0.2) is 28.7 Å². The van der Waals surface area contributed by atoms with Crippen LogP contribution in [0.25, 0.3) is 0 Å². The third-order valence-electron chi connectivity index (χ3n) is 14.8. The van der Waals surface area contributed by atoms with Gasteiger partial charge >= 0.3 is 6.09 Å². The van der Waals surface area contributed by atoms with Gasteiger partial charge in [0.1, 0.15) is 18.0 Å². The fourth-order valence-electron chi connectivity index (χ4n) is 11.9. The van der Waals surface area contributed by atoms with E-state index in [4.69, 9.17) is 54.8 Å². The minimum absolute atomic E-state index is 0.0249. The zero-order chi connectivity index (χ0) is 36.4. The van der Waals surface area contributed by atoms with Gasteiger partial charge in [0.25, 0.3) is 0 Å². The van der Waals surface area contributed by atoms with Gasteiger partial charge < -0.3 is 23.7 Å². The first-order valence-corrected chi connectivity index (χ1v) is 20.0. The first-order valence-electron chi connectivity index (χ1n) is 19.6. The van der Waals surface area contributed by atoms with E-state index < -0.39 is 59.5 Å². The predicted octanol–water partition coefficient (Wildman–Crippen LogP) is 8.29. The zero-order valence-electron chi connectivity index (χ0n) is 30.9. The van der Waals surface area contributed by atoms with Crippen LogP contribution in [-0.2, 0) is 43.2 Å². The molecule has 0 unspecified atom stereocenters. The van der Waals surface area contributed by atoms with Gasteiger partial charge in [0.05, 0.1) is 11.1 Å². The summed E-state index contributed by atoms with van der Waals surface area (Å²) in [7, 11) is 0. The molecule has 4 bridgehead atoms. The van der Waals surface area contributed by atoms with Gasteiger partial charge in [0.2, 0.25) is 11.6 Å². The van der Waals surface area contributed by atoms with Crippen LogP contribution in [0.5, 0.6) is 0 Å². The summed E-state index contributed by atoms with van der Waals surface area (Å²) in [5, 5.41) is 2.66. The van der Waals surface area contributed by atoms with Crippen LogP contribution in [0.2, 0.25) is 5.02 Å². The van der Waals surface area contributed by atoms with Crippen LogP contribution in [0.3, 0.4) is 0 Å². The highest BCUT2D eigenvalue weighted by molar-refractivity contribution is 6.31. The Morgan fingerprint density at radius 1 is 0.827 bits per heavy atom. The van der Waals surface area contributed by atoms with Gasteiger partial charge in [-0.1, -0.05) is 39.3 Å². The molecule has 8 aliphatic heterocycles. The van der Waals surface area contributed by atoms with Crippen LogP contribution in [0.1, 0.15) is 99.3 Å². The van der Waals surface area contributed by atoms with Crippen LogP contribution in [-0.4, -0.2) is 59.8 Å². The maximum Gasteiger partial charge on any atom is 0.411 e. The Morgan fingerprint density at radius 3 is 2.00 bits per heavy atom. The molecule has 1 aromatic carbocycles.